The zero-order chi connectivity index (χ0) is 13.8. The van der Waals surface area contributed by atoms with Crippen LogP contribution in [0.15, 0.2) is 12.1 Å². The van der Waals surface area contributed by atoms with E-state index in [1.54, 1.807) is 0 Å². The molecule has 1 saturated carbocycles. The van der Waals surface area contributed by atoms with Gasteiger partial charge in [0, 0.05) is 6.04 Å². The predicted octanol–water partition coefficient (Wildman–Crippen LogP) is 4.41. The summed E-state index contributed by atoms with van der Waals surface area (Å²) in [5.74, 6) is 0. The van der Waals surface area contributed by atoms with E-state index in [0.29, 0.717) is 16.8 Å². The van der Waals surface area contributed by atoms with Gasteiger partial charge in [0.1, 0.15) is 0 Å². The molecular weight excluding hydrogens is 260 g/mol. The average Bonchev–Trinajstić information content (AvgIpc) is 2.35. The zero-order valence-electron chi connectivity index (χ0n) is 11.6. The summed E-state index contributed by atoms with van der Waals surface area (Å²) in [7, 11) is 0. The van der Waals surface area contributed by atoms with Gasteiger partial charge >= 0.3 is 6.03 Å². The molecule has 1 aromatic rings. The van der Waals surface area contributed by atoms with Gasteiger partial charge in [-0.1, -0.05) is 36.9 Å². The fourth-order valence-electron chi connectivity index (χ4n) is 2.66. The summed E-state index contributed by atoms with van der Waals surface area (Å²) < 4.78 is 0. The van der Waals surface area contributed by atoms with E-state index in [2.05, 4.69) is 10.6 Å². The van der Waals surface area contributed by atoms with Crippen LogP contribution in [0.1, 0.15) is 43.2 Å². The first-order chi connectivity index (χ1) is 9.06. The van der Waals surface area contributed by atoms with Gasteiger partial charge in [-0.25, -0.2) is 4.79 Å². The minimum absolute atomic E-state index is 0.152. The Morgan fingerprint density at radius 2 is 1.89 bits per heavy atom. The number of carbonyl (C=O) groups excluding carboxylic acids is 1. The molecule has 2 N–H and O–H groups in total. The fraction of sp³-hybridized carbons (Fsp3) is 0.533. The minimum Gasteiger partial charge on any atom is -0.335 e. The van der Waals surface area contributed by atoms with Crippen molar-refractivity contribution in [3.63, 3.8) is 0 Å². The Morgan fingerprint density at radius 3 is 2.53 bits per heavy atom. The van der Waals surface area contributed by atoms with Crippen LogP contribution in [-0.4, -0.2) is 12.1 Å². The first-order valence-corrected chi connectivity index (χ1v) is 7.28. The molecule has 1 fully saturated rings. The van der Waals surface area contributed by atoms with Crippen LogP contribution >= 0.6 is 11.6 Å². The average molecular weight is 281 g/mol. The van der Waals surface area contributed by atoms with E-state index >= 15 is 0 Å². The van der Waals surface area contributed by atoms with Gasteiger partial charge in [0.15, 0.2) is 0 Å². The van der Waals surface area contributed by atoms with E-state index in [-0.39, 0.29) is 6.03 Å². The molecule has 0 aromatic heterocycles. The summed E-state index contributed by atoms with van der Waals surface area (Å²) in [6, 6.07) is 4.03. The van der Waals surface area contributed by atoms with Crippen LogP contribution in [0.25, 0.3) is 0 Å². The molecule has 0 saturated heterocycles. The monoisotopic (exact) mass is 280 g/mol. The summed E-state index contributed by atoms with van der Waals surface area (Å²) >= 11 is 6.18. The van der Waals surface area contributed by atoms with Gasteiger partial charge in [0.25, 0.3) is 0 Å². The standard InChI is InChI=1S/C15H21ClN2O/c1-10-8-11(2)14(13(16)9-10)18-15(19)17-12-6-4-3-5-7-12/h8-9,12H,3-7H2,1-2H3,(H2,17,18,19). The third-order valence-corrected chi connectivity index (χ3v) is 3.91. The molecule has 0 atom stereocenters. The Kier molecular flexibility index (Phi) is 4.70. The second-order valence-electron chi connectivity index (χ2n) is 5.37. The largest absolute Gasteiger partial charge is 0.335 e. The first kappa shape index (κ1) is 14.2. The van der Waals surface area contributed by atoms with E-state index in [4.69, 9.17) is 11.6 Å². The molecular formula is C15H21ClN2O. The van der Waals surface area contributed by atoms with Crippen molar-refractivity contribution in [2.75, 3.05) is 5.32 Å². The number of urea groups is 1. The van der Waals surface area contributed by atoms with Crippen LogP contribution in [0.3, 0.4) is 0 Å². The lowest BCUT2D eigenvalue weighted by atomic mass is 9.96. The van der Waals surface area contributed by atoms with Gasteiger partial charge in [-0.15, -0.1) is 0 Å². The second-order valence-corrected chi connectivity index (χ2v) is 5.78. The molecule has 19 heavy (non-hydrogen) atoms. The van der Waals surface area contributed by atoms with E-state index in [1.165, 1.54) is 19.3 Å². The number of hydrogen-bond donors (Lipinski definition) is 2. The number of hydrogen-bond acceptors (Lipinski definition) is 1. The van der Waals surface area contributed by atoms with E-state index < -0.39 is 0 Å². The smallest absolute Gasteiger partial charge is 0.319 e. The van der Waals surface area contributed by atoms with Crippen LogP contribution < -0.4 is 10.6 Å². The number of nitrogens with one attached hydrogen (secondary N) is 2. The maximum absolute atomic E-state index is 12.0. The van der Waals surface area contributed by atoms with Crippen LogP contribution in [0, 0.1) is 13.8 Å². The molecule has 1 aliphatic rings. The maximum Gasteiger partial charge on any atom is 0.319 e. The normalized spacial score (nSPS) is 16.2. The number of carbonyl (C=O) groups is 1. The van der Waals surface area contributed by atoms with Crippen molar-refractivity contribution in [2.24, 2.45) is 0 Å². The highest BCUT2D eigenvalue weighted by atomic mass is 35.5. The molecule has 0 bridgehead atoms. The van der Waals surface area contributed by atoms with Gasteiger partial charge in [-0.05, 0) is 43.9 Å². The number of amides is 2. The van der Waals surface area contributed by atoms with Crippen molar-refractivity contribution in [3.05, 3.63) is 28.3 Å². The summed E-state index contributed by atoms with van der Waals surface area (Å²) in [6.07, 6.45) is 5.84. The van der Waals surface area contributed by atoms with Gasteiger partial charge in [0.2, 0.25) is 0 Å². The topological polar surface area (TPSA) is 41.1 Å². The summed E-state index contributed by atoms with van der Waals surface area (Å²) in [4.78, 5) is 12.0. The van der Waals surface area contributed by atoms with E-state index in [0.717, 1.165) is 24.0 Å². The van der Waals surface area contributed by atoms with Crippen LogP contribution in [-0.2, 0) is 0 Å². The molecule has 104 valence electrons. The highest BCUT2D eigenvalue weighted by Gasteiger charge is 2.16. The molecule has 2 rings (SSSR count). The van der Waals surface area contributed by atoms with Crippen LogP contribution in [0.4, 0.5) is 10.5 Å². The zero-order valence-corrected chi connectivity index (χ0v) is 12.3. The molecule has 2 amide bonds. The number of anilines is 1. The SMILES string of the molecule is Cc1cc(C)c(NC(=O)NC2CCCCC2)c(Cl)c1. The Bertz CT molecular complexity index is 444. The first-order valence-electron chi connectivity index (χ1n) is 6.90. The van der Waals surface area contributed by atoms with E-state index in [1.807, 2.05) is 26.0 Å². The lowest BCUT2D eigenvalue weighted by molar-refractivity contribution is 0.244. The fourth-order valence-corrected chi connectivity index (χ4v) is 3.02. The molecule has 0 aliphatic heterocycles. The Balaban J connectivity index is 1.98. The second kappa shape index (κ2) is 6.29. The van der Waals surface area contributed by atoms with Crippen molar-refractivity contribution in [3.8, 4) is 0 Å². The van der Waals surface area contributed by atoms with Crippen molar-refractivity contribution in [1.82, 2.24) is 5.32 Å². The van der Waals surface area contributed by atoms with Gasteiger partial charge in [-0.2, -0.15) is 0 Å². The molecule has 1 aliphatic carbocycles. The third-order valence-electron chi connectivity index (χ3n) is 3.61. The molecule has 1 aromatic carbocycles. The van der Waals surface area contributed by atoms with Crippen molar-refractivity contribution in [1.29, 1.82) is 0 Å². The van der Waals surface area contributed by atoms with E-state index in [9.17, 15) is 4.79 Å². The summed E-state index contributed by atoms with van der Waals surface area (Å²) in [5, 5.41) is 6.49. The van der Waals surface area contributed by atoms with Crippen molar-refractivity contribution >= 4 is 23.3 Å². The predicted molar refractivity (Wildman–Crippen MR) is 80.0 cm³/mol. The third kappa shape index (κ3) is 3.87. The Hall–Kier alpha value is -1.22. The molecule has 0 heterocycles. The molecule has 0 spiro atoms. The summed E-state index contributed by atoms with van der Waals surface area (Å²) in [5.41, 5.74) is 2.80. The minimum atomic E-state index is -0.152. The summed E-state index contributed by atoms with van der Waals surface area (Å²) in [6.45, 7) is 3.94. The van der Waals surface area contributed by atoms with Gasteiger partial charge in [-0.3, -0.25) is 0 Å². The number of rotatable bonds is 2. The van der Waals surface area contributed by atoms with Crippen molar-refractivity contribution in [2.45, 2.75) is 52.0 Å². The number of benzene rings is 1. The maximum atomic E-state index is 12.0. The van der Waals surface area contributed by atoms with Crippen LogP contribution in [0.5, 0.6) is 0 Å². The lowest BCUT2D eigenvalue weighted by Gasteiger charge is -2.23. The highest BCUT2D eigenvalue weighted by molar-refractivity contribution is 6.34. The Morgan fingerprint density at radius 1 is 1.21 bits per heavy atom. The van der Waals surface area contributed by atoms with Crippen LogP contribution in [0.2, 0.25) is 5.02 Å². The molecule has 4 heteroatoms. The van der Waals surface area contributed by atoms with Gasteiger partial charge < -0.3 is 10.6 Å². The van der Waals surface area contributed by atoms with Gasteiger partial charge in [0.05, 0.1) is 10.7 Å². The lowest BCUT2D eigenvalue weighted by Crippen LogP contribution is -2.39. The molecule has 0 radical (unpaired) electrons. The quantitative estimate of drug-likeness (QED) is 0.828. The highest BCUT2D eigenvalue weighted by Crippen LogP contribution is 2.27. The molecule has 3 nitrogen and oxygen atoms in total. The Labute approximate surface area is 119 Å². The molecule has 0 unspecified atom stereocenters. The number of aryl methyl sites for hydroxylation is 2. The number of halogens is 1. The van der Waals surface area contributed by atoms with Crippen molar-refractivity contribution < 1.29 is 4.79 Å².